The second-order valence-corrected chi connectivity index (χ2v) is 12.1. The minimum absolute atomic E-state index is 0.0679. The standard InChI is InChI=1S/C28H29N5O5S/c1-17-4-6-20(23(13-28(34)35)21-7-8-25-24(12-21)30-31-32(25)3)11-22(17)16-33-15-18(2)38-26-9-5-19(14-29)10-27(26)39(33,36)37/h4-9,11-12,18-19,23H,10,13,15-16H2,1-3H3,(H,34,35)/t18-,19?,23?/m1/s1. The number of rotatable bonds is 6. The fourth-order valence-electron chi connectivity index (χ4n) is 5.18. The van der Waals surface area contributed by atoms with Crippen molar-refractivity contribution in [3.63, 3.8) is 0 Å². The molecule has 3 aromatic rings. The Morgan fingerprint density at radius 2 is 2.00 bits per heavy atom. The molecule has 1 aliphatic carbocycles. The van der Waals surface area contributed by atoms with Crippen LogP contribution in [0.25, 0.3) is 11.0 Å². The molecule has 0 saturated heterocycles. The first kappa shape index (κ1) is 26.6. The number of hydrogen-bond acceptors (Lipinski definition) is 7. The van der Waals surface area contributed by atoms with E-state index in [2.05, 4.69) is 16.4 Å². The maximum Gasteiger partial charge on any atom is 0.304 e. The highest BCUT2D eigenvalue weighted by Crippen LogP contribution is 2.36. The Hall–Kier alpha value is -4.01. The van der Waals surface area contributed by atoms with E-state index in [1.807, 2.05) is 50.2 Å². The van der Waals surface area contributed by atoms with Gasteiger partial charge in [0.25, 0.3) is 0 Å². The second kappa shape index (κ2) is 10.3. The Balaban J connectivity index is 1.51. The number of allylic oxidation sites excluding steroid dienone is 3. The predicted octanol–water partition coefficient (Wildman–Crippen LogP) is 3.75. The van der Waals surface area contributed by atoms with Crippen molar-refractivity contribution in [2.75, 3.05) is 6.54 Å². The normalized spacial score (nSPS) is 21.6. The summed E-state index contributed by atoms with van der Waals surface area (Å²) in [7, 11) is -2.11. The van der Waals surface area contributed by atoms with Gasteiger partial charge in [0.05, 0.1) is 30.5 Å². The molecule has 0 amide bonds. The minimum Gasteiger partial charge on any atom is -0.488 e. The van der Waals surface area contributed by atoms with Gasteiger partial charge in [0, 0.05) is 25.9 Å². The number of aryl methyl sites for hydroxylation is 2. The van der Waals surface area contributed by atoms with E-state index >= 15 is 0 Å². The molecule has 202 valence electrons. The number of aliphatic carboxylic acids is 1. The van der Waals surface area contributed by atoms with Crippen LogP contribution in [0, 0.1) is 24.2 Å². The third-order valence-electron chi connectivity index (χ3n) is 7.30. The number of sulfonamides is 1. The van der Waals surface area contributed by atoms with Crippen LogP contribution in [-0.4, -0.2) is 51.4 Å². The van der Waals surface area contributed by atoms with Crippen molar-refractivity contribution >= 4 is 27.0 Å². The fourth-order valence-corrected chi connectivity index (χ4v) is 6.97. The molecule has 0 saturated carbocycles. The summed E-state index contributed by atoms with van der Waals surface area (Å²) < 4.78 is 36.5. The molecule has 0 spiro atoms. The van der Waals surface area contributed by atoms with E-state index in [4.69, 9.17) is 4.74 Å². The average molecular weight is 548 g/mol. The van der Waals surface area contributed by atoms with Gasteiger partial charge in [-0.3, -0.25) is 4.79 Å². The molecular weight excluding hydrogens is 518 g/mol. The van der Waals surface area contributed by atoms with Crippen molar-refractivity contribution in [2.45, 2.75) is 45.3 Å². The van der Waals surface area contributed by atoms with Crippen molar-refractivity contribution < 1.29 is 23.1 Å². The summed E-state index contributed by atoms with van der Waals surface area (Å²) in [6, 6.07) is 13.4. The zero-order valence-electron chi connectivity index (χ0n) is 21.9. The Kier molecular flexibility index (Phi) is 7.01. The smallest absolute Gasteiger partial charge is 0.304 e. The van der Waals surface area contributed by atoms with Crippen molar-refractivity contribution in [1.82, 2.24) is 19.3 Å². The molecule has 0 radical (unpaired) electrons. The molecule has 1 N–H and O–H groups in total. The van der Waals surface area contributed by atoms with Crippen molar-refractivity contribution in [3.05, 3.63) is 81.5 Å². The number of fused-ring (bicyclic) bond motifs is 1. The van der Waals surface area contributed by atoms with Crippen molar-refractivity contribution in [3.8, 4) is 6.07 Å². The van der Waals surface area contributed by atoms with Gasteiger partial charge in [-0.25, -0.2) is 13.1 Å². The Morgan fingerprint density at radius 3 is 2.74 bits per heavy atom. The number of benzene rings is 2. The number of carboxylic acid groups (broad SMARTS) is 1. The summed E-state index contributed by atoms with van der Waals surface area (Å²) in [5, 5.41) is 27.3. The van der Waals surface area contributed by atoms with Gasteiger partial charge in [-0.15, -0.1) is 5.10 Å². The number of nitrogens with zero attached hydrogens (tertiary/aromatic N) is 5. The topological polar surface area (TPSA) is 138 Å². The SMILES string of the molecule is Cc1ccc(C(CC(=O)O)c2ccc3c(c2)nnn3C)cc1CN1C[C@@H](C)OC2=C(CC(C#N)C=C2)S1(=O)=O. The molecular formula is C28H29N5O5S. The van der Waals surface area contributed by atoms with Crippen LogP contribution in [0.3, 0.4) is 0 Å². The molecule has 1 aliphatic heterocycles. The van der Waals surface area contributed by atoms with Crippen LogP contribution >= 0.6 is 0 Å². The fraction of sp³-hybridized carbons (Fsp3) is 0.357. The average Bonchev–Trinajstić information content (AvgIpc) is 3.23. The molecule has 2 heterocycles. The van der Waals surface area contributed by atoms with Gasteiger partial charge < -0.3 is 9.84 Å². The molecule has 10 nitrogen and oxygen atoms in total. The lowest BCUT2D eigenvalue weighted by molar-refractivity contribution is -0.137. The quantitative estimate of drug-likeness (QED) is 0.492. The summed E-state index contributed by atoms with van der Waals surface area (Å²) in [6.45, 7) is 3.96. The predicted molar refractivity (Wildman–Crippen MR) is 144 cm³/mol. The van der Waals surface area contributed by atoms with E-state index in [0.29, 0.717) is 11.3 Å². The van der Waals surface area contributed by atoms with Crippen molar-refractivity contribution in [2.24, 2.45) is 13.0 Å². The van der Waals surface area contributed by atoms with Gasteiger partial charge in [0.1, 0.15) is 22.3 Å². The zero-order valence-corrected chi connectivity index (χ0v) is 22.7. The summed E-state index contributed by atoms with van der Waals surface area (Å²) >= 11 is 0. The summed E-state index contributed by atoms with van der Waals surface area (Å²) in [5.74, 6) is -1.65. The maximum atomic E-state index is 13.8. The first-order valence-electron chi connectivity index (χ1n) is 12.6. The van der Waals surface area contributed by atoms with E-state index in [1.165, 1.54) is 4.31 Å². The Labute approximate surface area is 226 Å². The molecule has 0 bridgehead atoms. The lowest BCUT2D eigenvalue weighted by Gasteiger charge is -2.25. The van der Waals surface area contributed by atoms with Gasteiger partial charge in [-0.05, 0) is 54.3 Å². The van der Waals surface area contributed by atoms with Gasteiger partial charge in [-0.2, -0.15) is 9.57 Å². The minimum atomic E-state index is -3.90. The highest BCUT2D eigenvalue weighted by molar-refractivity contribution is 7.93. The van der Waals surface area contributed by atoms with E-state index in [-0.39, 0.29) is 30.8 Å². The molecule has 2 unspecified atom stereocenters. The molecule has 11 heteroatoms. The number of hydrogen-bond donors (Lipinski definition) is 1. The van der Waals surface area contributed by atoms with Gasteiger partial charge in [-0.1, -0.05) is 35.6 Å². The van der Waals surface area contributed by atoms with Crippen LogP contribution < -0.4 is 0 Å². The number of aromatic nitrogens is 3. The monoisotopic (exact) mass is 547 g/mol. The third-order valence-corrected chi connectivity index (χ3v) is 9.25. The lowest BCUT2D eigenvalue weighted by atomic mass is 9.86. The maximum absolute atomic E-state index is 13.8. The number of nitriles is 1. The van der Waals surface area contributed by atoms with Crippen molar-refractivity contribution in [1.29, 1.82) is 5.26 Å². The zero-order chi connectivity index (χ0) is 27.9. The van der Waals surface area contributed by atoms with E-state index in [0.717, 1.165) is 27.8 Å². The van der Waals surface area contributed by atoms with Crippen LogP contribution in [0.15, 0.2) is 59.2 Å². The molecule has 2 aromatic carbocycles. The van der Waals surface area contributed by atoms with Gasteiger partial charge in [0.2, 0.25) is 10.0 Å². The third kappa shape index (κ3) is 5.17. The number of ether oxygens (including phenoxy) is 1. The highest BCUT2D eigenvalue weighted by Gasteiger charge is 2.37. The molecule has 39 heavy (non-hydrogen) atoms. The Bertz CT molecular complexity index is 1670. The largest absolute Gasteiger partial charge is 0.488 e. The van der Waals surface area contributed by atoms with Gasteiger partial charge >= 0.3 is 5.97 Å². The summed E-state index contributed by atoms with van der Waals surface area (Å²) in [5.41, 5.74) is 4.72. The second-order valence-electron chi connectivity index (χ2n) is 10.1. The lowest BCUT2D eigenvalue weighted by Crippen LogP contribution is -2.35. The molecule has 1 aromatic heterocycles. The molecule has 0 fully saturated rings. The van der Waals surface area contributed by atoms with Crippen LogP contribution in [-0.2, 0) is 33.1 Å². The molecule has 5 rings (SSSR count). The first-order chi connectivity index (χ1) is 18.6. The van der Waals surface area contributed by atoms with E-state index < -0.39 is 33.9 Å². The van der Waals surface area contributed by atoms with Crippen LogP contribution in [0.2, 0.25) is 0 Å². The van der Waals surface area contributed by atoms with E-state index in [1.54, 1.807) is 23.9 Å². The Morgan fingerprint density at radius 1 is 1.26 bits per heavy atom. The van der Waals surface area contributed by atoms with Crippen LogP contribution in [0.4, 0.5) is 0 Å². The van der Waals surface area contributed by atoms with Gasteiger partial charge in [0.15, 0.2) is 0 Å². The highest BCUT2D eigenvalue weighted by atomic mass is 32.2. The summed E-state index contributed by atoms with van der Waals surface area (Å²) in [4.78, 5) is 12.0. The first-order valence-corrected chi connectivity index (χ1v) is 14.1. The van der Waals surface area contributed by atoms with Crippen LogP contribution in [0.1, 0.15) is 47.9 Å². The number of carboxylic acids is 1. The number of carbonyl (C=O) groups is 1. The van der Waals surface area contributed by atoms with Crippen LogP contribution in [0.5, 0.6) is 0 Å². The summed E-state index contributed by atoms with van der Waals surface area (Å²) in [6.07, 6.45) is 2.79. The molecule has 3 atom stereocenters. The molecule has 2 aliphatic rings. The van der Waals surface area contributed by atoms with E-state index in [9.17, 15) is 23.6 Å².